The highest BCUT2D eigenvalue weighted by molar-refractivity contribution is 5.65. The maximum absolute atomic E-state index is 5.48. The van der Waals surface area contributed by atoms with E-state index in [9.17, 15) is 0 Å². The van der Waals surface area contributed by atoms with Crippen LogP contribution in [0.4, 0.5) is 11.4 Å². The number of nitrogens with zero attached hydrogens (tertiary/aromatic N) is 1. The topological polar surface area (TPSA) is 29.3 Å². The van der Waals surface area contributed by atoms with E-state index in [1.54, 1.807) is 6.20 Å². The zero-order chi connectivity index (χ0) is 11.2. The molecule has 0 saturated carbocycles. The lowest BCUT2D eigenvalue weighted by Crippen LogP contribution is -2.08. The van der Waals surface area contributed by atoms with Crippen molar-refractivity contribution in [2.24, 2.45) is 5.73 Å². The van der Waals surface area contributed by atoms with E-state index in [-0.39, 0.29) is 0 Å². The van der Waals surface area contributed by atoms with Crippen LogP contribution in [0, 0.1) is 0 Å². The van der Waals surface area contributed by atoms with Crippen molar-refractivity contribution in [1.82, 2.24) is 0 Å². The van der Waals surface area contributed by atoms with Crippen LogP contribution < -0.4 is 10.6 Å². The summed E-state index contributed by atoms with van der Waals surface area (Å²) < 4.78 is 0. The molecule has 0 aromatic heterocycles. The Bertz CT molecular complexity index is 409. The Kier molecular flexibility index (Phi) is 3.24. The molecule has 0 radical (unpaired) electrons. The smallest absolute Gasteiger partial charge is 0.0456 e. The zero-order valence-electron chi connectivity index (χ0n) is 8.95. The lowest BCUT2D eigenvalue weighted by atomic mass is 10.2. The average Bonchev–Trinajstić information content (AvgIpc) is 2.38. The van der Waals surface area contributed by atoms with E-state index in [0.29, 0.717) is 0 Å². The van der Waals surface area contributed by atoms with Crippen molar-refractivity contribution in [2.45, 2.75) is 0 Å². The molecule has 2 aromatic rings. The molecule has 80 valence electrons. The molecular weight excluding hydrogens is 196 g/mol. The number of hydrogen-bond acceptors (Lipinski definition) is 2. The SMILES string of the molecule is N/C=C/N(c1ccccc1)c1ccccc1. The van der Waals surface area contributed by atoms with Crippen LogP contribution in [-0.4, -0.2) is 0 Å². The van der Waals surface area contributed by atoms with E-state index in [0.717, 1.165) is 11.4 Å². The number of nitrogens with two attached hydrogens (primary N) is 1. The summed E-state index contributed by atoms with van der Waals surface area (Å²) in [4.78, 5) is 2.04. The van der Waals surface area contributed by atoms with Crippen LogP contribution in [-0.2, 0) is 0 Å². The fraction of sp³-hybridized carbons (Fsp3) is 0. The van der Waals surface area contributed by atoms with Gasteiger partial charge in [0.1, 0.15) is 0 Å². The highest BCUT2D eigenvalue weighted by Crippen LogP contribution is 2.24. The van der Waals surface area contributed by atoms with Crippen LogP contribution in [0.5, 0.6) is 0 Å². The molecule has 0 amide bonds. The van der Waals surface area contributed by atoms with Gasteiger partial charge in [0.05, 0.1) is 0 Å². The van der Waals surface area contributed by atoms with Gasteiger partial charge >= 0.3 is 0 Å². The predicted octanol–water partition coefficient (Wildman–Crippen LogP) is 3.25. The molecule has 0 saturated heterocycles. The Morgan fingerprint density at radius 3 is 1.56 bits per heavy atom. The van der Waals surface area contributed by atoms with Crippen molar-refractivity contribution < 1.29 is 0 Å². The number of rotatable bonds is 3. The largest absolute Gasteiger partial charge is 0.403 e. The second kappa shape index (κ2) is 5.03. The maximum Gasteiger partial charge on any atom is 0.0456 e. The summed E-state index contributed by atoms with van der Waals surface area (Å²) in [6.07, 6.45) is 3.39. The molecule has 0 spiro atoms. The van der Waals surface area contributed by atoms with Crippen molar-refractivity contribution >= 4 is 11.4 Å². The van der Waals surface area contributed by atoms with E-state index in [1.807, 2.05) is 71.8 Å². The molecule has 0 unspecified atom stereocenters. The van der Waals surface area contributed by atoms with Crippen LogP contribution in [0.25, 0.3) is 0 Å². The monoisotopic (exact) mass is 210 g/mol. The molecule has 0 heterocycles. The summed E-state index contributed by atoms with van der Waals surface area (Å²) in [5.74, 6) is 0. The summed E-state index contributed by atoms with van der Waals surface area (Å²) in [7, 11) is 0. The fourth-order valence-electron chi connectivity index (χ4n) is 1.58. The first-order chi connectivity index (χ1) is 7.92. The molecule has 0 aliphatic carbocycles. The molecule has 0 fully saturated rings. The molecule has 2 aromatic carbocycles. The number of anilines is 2. The Hall–Kier alpha value is -2.22. The third-order valence-corrected chi connectivity index (χ3v) is 2.30. The van der Waals surface area contributed by atoms with Crippen molar-refractivity contribution in [1.29, 1.82) is 0 Å². The van der Waals surface area contributed by atoms with E-state index in [4.69, 9.17) is 5.73 Å². The highest BCUT2D eigenvalue weighted by Gasteiger charge is 2.03. The van der Waals surface area contributed by atoms with Crippen molar-refractivity contribution in [3.05, 3.63) is 73.1 Å². The van der Waals surface area contributed by atoms with Gasteiger partial charge in [-0.1, -0.05) is 36.4 Å². The van der Waals surface area contributed by atoms with Gasteiger partial charge in [0.15, 0.2) is 0 Å². The van der Waals surface area contributed by atoms with Crippen LogP contribution in [0.1, 0.15) is 0 Å². The standard InChI is InChI=1S/C14H14N2/c15-11-12-16(13-7-3-1-4-8-13)14-9-5-2-6-10-14/h1-12H,15H2/b12-11+. The zero-order valence-corrected chi connectivity index (χ0v) is 8.95. The Morgan fingerprint density at radius 2 is 1.19 bits per heavy atom. The summed E-state index contributed by atoms with van der Waals surface area (Å²) in [5.41, 5.74) is 7.67. The van der Waals surface area contributed by atoms with E-state index >= 15 is 0 Å². The molecular formula is C14H14N2. The normalized spacial score (nSPS) is 10.5. The van der Waals surface area contributed by atoms with Gasteiger partial charge in [-0.15, -0.1) is 0 Å². The van der Waals surface area contributed by atoms with Gasteiger partial charge < -0.3 is 10.6 Å². The second-order valence-corrected chi connectivity index (χ2v) is 3.38. The van der Waals surface area contributed by atoms with Gasteiger partial charge in [-0.25, -0.2) is 0 Å². The van der Waals surface area contributed by atoms with Gasteiger partial charge in [-0.05, 0) is 24.3 Å². The van der Waals surface area contributed by atoms with Gasteiger partial charge in [0.2, 0.25) is 0 Å². The minimum atomic E-state index is 1.09. The number of benzene rings is 2. The first kappa shape index (κ1) is 10.3. The molecule has 0 atom stereocenters. The molecule has 16 heavy (non-hydrogen) atoms. The molecule has 0 aliphatic heterocycles. The van der Waals surface area contributed by atoms with E-state index < -0.39 is 0 Å². The van der Waals surface area contributed by atoms with Crippen molar-refractivity contribution in [3.8, 4) is 0 Å². The summed E-state index contributed by atoms with van der Waals surface area (Å²) in [6, 6.07) is 20.2. The lowest BCUT2D eigenvalue weighted by molar-refractivity contribution is 1.27. The van der Waals surface area contributed by atoms with Gasteiger partial charge in [0, 0.05) is 23.8 Å². The molecule has 2 rings (SSSR count). The van der Waals surface area contributed by atoms with Crippen molar-refractivity contribution in [2.75, 3.05) is 4.90 Å². The Balaban J connectivity index is 2.39. The lowest BCUT2D eigenvalue weighted by Gasteiger charge is -2.20. The minimum Gasteiger partial charge on any atom is -0.403 e. The van der Waals surface area contributed by atoms with Crippen LogP contribution in [0.15, 0.2) is 73.1 Å². The Labute approximate surface area is 95.6 Å². The summed E-state index contributed by atoms with van der Waals surface area (Å²) in [5, 5.41) is 0. The number of hydrogen-bond donors (Lipinski definition) is 1. The summed E-state index contributed by atoms with van der Waals surface area (Å²) >= 11 is 0. The van der Waals surface area contributed by atoms with Gasteiger partial charge in [-0.3, -0.25) is 0 Å². The van der Waals surface area contributed by atoms with Crippen LogP contribution in [0.2, 0.25) is 0 Å². The van der Waals surface area contributed by atoms with Gasteiger partial charge in [0.25, 0.3) is 0 Å². The minimum absolute atomic E-state index is 1.09. The predicted molar refractivity (Wildman–Crippen MR) is 68.4 cm³/mol. The van der Waals surface area contributed by atoms with Crippen LogP contribution in [0.3, 0.4) is 0 Å². The molecule has 2 N–H and O–H groups in total. The highest BCUT2D eigenvalue weighted by atomic mass is 15.1. The average molecular weight is 210 g/mol. The third-order valence-electron chi connectivity index (χ3n) is 2.30. The maximum atomic E-state index is 5.48. The summed E-state index contributed by atoms with van der Waals surface area (Å²) in [6.45, 7) is 0. The second-order valence-electron chi connectivity index (χ2n) is 3.38. The molecule has 2 heteroatoms. The molecule has 2 nitrogen and oxygen atoms in total. The first-order valence-electron chi connectivity index (χ1n) is 5.19. The third kappa shape index (κ3) is 2.23. The molecule has 0 aliphatic rings. The quantitative estimate of drug-likeness (QED) is 0.842. The van der Waals surface area contributed by atoms with Crippen molar-refractivity contribution in [3.63, 3.8) is 0 Å². The van der Waals surface area contributed by atoms with Crippen LogP contribution >= 0.6 is 0 Å². The van der Waals surface area contributed by atoms with E-state index in [2.05, 4.69) is 0 Å². The first-order valence-corrected chi connectivity index (χ1v) is 5.19. The molecule has 0 bridgehead atoms. The fourth-order valence-corrected chi connectivity index (χ4v) is 1.58. The van der Waals surface area contributed by atoms with E-state index in [1.165, 1.54) is 0 Å². The number of para-hydroxylation sites is 2. The Morgan fingerprint density at radius 1 is 0.750 bits per heavy atom. The van der Waals surface area contributed by atoms with Gasteiger partial charge in [-0.2, -0.15) is 0 Å².